The van der Waals surface area contributed by atoms with Crippen LogP contribution >= 0.6 is 7.82 Å². The Bertz CT molecular complexity index is 948. The first-order valence-corrected chi connectivity index (χ1v) is 21.0. The van der Waals surface area contributed by atoms with Gasteiger partial charge in [-0.25, -0.2) is 4.57 Å². The maximum absolute atomic E-state index is 12.6. The zero-order valence-corrected chi connectivity index (χ0v) is 33.1. The number of carbonyl (C=O) groups excluding carboxylic acids is 3. The molecule has 1 N–H and O–H groups in total. The van der Waals surface area contributed by atoms with Crippen LogP contribution in [0.25, 0.3) is 0 Å². The topological polar surface area (TPSA) is 125 Å². The molecular formula is C39H73NO9P+. The highest BCUT2D eigenvalue weighted by Crippen LogP contribution is 2.43. The van der Waals surface area contributed by atoms with Gasteiger partial charge in [-0.05, 0) is 31.8 Å². The summed E-state index contributed by atoms with van der Waals surface area (Å²) in [6.45, 7) is 2.09. The highest BCUT2D eigenvalue weighted by Gasteiger charge is 2.27. The first-order chi connectivity index (χ1) is 24.0. The molecule has 0 aliphatic rings. The van der Waals surface area contributed by atoms with Crippen molar-refractivity contribution in [2.45, 2.75) is 161 Å². The quantitative estimate of drug-likeness (QED) is 0.0128. The first kappa shape index (κ1) is 48.2. The second-order valence-electron chi connectivity index (χ2n) is 14.4. The van der Waals surface area contributed by atoms with Gasteiger partial charge in [0.1, 0.15) is 26.0 Å². The van der Waals surface area contributed by atoms with E-state index in [1.54, 1.807) is 6.08 Å². The summed E-state index contributed by atoms with van der Waals surface area (Å²) >= 11 is 0. The number of quaternary nitrogens is 1. The smallest absolute Gasteiger partial charge is 0.462 e. The van der Waals surface area contributed by atoms with Crippen LogP contribution < -0.4 is 0 Å². The molecule has 0 heterocycles. The standard InChI is InChI=1S/C39H72NO9P/c1-5-6-7-8-9-10-11-12-13-14-15-18-21-24-27-30-38(42)46-35-37(36-48-50(44,45)47-34-32-40(2,3)4)49-39(43)31-28-25-22-19-16-17-20-23-26-29-33-41/h20,23,26,29,33,37H,5-19,21-22,24-25,27-28,30-32,34-36H2,1-4H3/p+1/b23-20+,29-26+/t37-/m1/s1. The number of aldehydes is 1. The Hall–Kier alpha value is -1.84. The lowest BCUT2D eigenvalue weighted by Crippen LogP contribution is -2.37. The van der Waals surface area contributed by atoms with Crippen molar-refractivity contribution >= 4 is 26.0 Å². The SMILES string of the molecule is CCCCCCCCCCCCCCCCCC(=O)OC[C@H](COP(=O)(O)OCC[N+](C)(C)C)OC(=O)CCCCCCC/C=C/C=C/C=O. The van der Waals surface area contributed by atoms with Gasteiger partial charge in [0.2, 0.25) is 0 Å². The zero-order chi connectivity index (χ0) is 37.2. The maximum atomic E-state index is 12.6. The average molecular weight is 731 g/mol. The van der Waals surface area contributed by atoms with E-state index in [9.17, 15) is 23.8 Å². The molecule has 0 radical (unpaired) electrons. The third kappa shape index (κ3) is 36.0. The number of rotatable bonds is 36. The zero-order valence-electron chi connectivity index (χ0n) is 32.2. The summed E-state index contributed by atoms with van der Waals surface area (Å²) in [5.74, 6) is -0.859. The van der Waals surface area contributed by atoms with Crippen LogP contribution in [0.15, 0.2) is 24.3 Å². The van der Waals surface area contributed by atoms with Gasteiger partial charge in [-0.1, -0.05) is 134 Å². The molecule has 0 saturated heterocycles. The summed E-state index contributed by atoms with van der Waals surface area (Å²) in [6, 6.07) is 0. The normalized spacial score (nSPS) is 13.9. The summed E-state index contributed by atoms with van der Waals surface area (Å²) in [5, 5.41) is 0. The molecule has 0 aromatic heterocycles. The number of allylic oxidation sites excluding steroid dienone is 4. The fraction of sp³-hybridized carbons (Fsp3) is 0.821. The second kappa shape index (κ2) is 33.0. The number of unbranched alkanes of at least 4 members (excludes halogenated alkanes) is 19. The van der Waals surface area contributed by atoms with Crippen molar-refractivity contribution in [3.63, 3.8) is 0 Å². The van der Waals surface area contributed by atoms with Gasteiger partial charge >= 0.3 is 19.8 Å². The molecule has 0 bridgehead atoms. The molecule has 0 amide bonds. The van der Waals surface area contributed by atoms with Crippen LogP contribution in [-0.4, -0.2) is 81.2 Å². The summed E-state index contributed by atoms with van der Waals surface area (Å²) in [4.78, 5) is 45.4. The van der Waals surface area contributed by atoms with Crippen molar-refractivity contribution in [1.29, 1.82) is 0 Å². The Morgan fingerprint density at radius 1 is 0.660 bits per heavy atom. The van der Waals surface area contributed by atoms with Crippen molar-refractivity contribution in [2.24, 2.45) is 0 Å². The van der Waals surface area contributed by atoms with Crippen LogP contribution in [-0.2, 0) is 37.5 Å². The number of likely N-dealkylation sites (N-methyl/N-ethyl adjacent to an activating group) is 1. The Morgan fingerprint density at radius 2 is 1.16 bits per heavy atom. The van der Waals surface area contributed by atoms with Gasteiger partial charge in [-0.15, -0.1) is 0 Å². The van der Waals surface area contributed by atoms with Crippen LogP contribution in [0.5, 0.6) is 0 Å². The number of hydrogen-bond donors (Lipinski definition) is 1. The van der Waals surface area contributed by atoms with Gasteiger partial charge in [0, 0.05) is 12.8 Å². The molecule has 0 saturated carbocycles. The minimum Gasteiger partial charge on any atom is -0.462 e. The fourth-order valence-electron chi connectivity index (χ4n) is 5.25. The monoisotopic (exact) mass is 731 g/mol. The largest absolute Gasteiger partial charge is 0.472 e. The molecule has 2 atom stereocenters. The minimum absolute atomic E-state index is 0.0173. The number of ether oxygens (including phenoxy) is 2. The molecule has 0 aromatic carbocycles. The summed E-state index contributed by atoms with van der Waals surface area (Å²) < 4.78 is 34.1. The molecule has 0 rings (SSSR count). The van der Waals surface area contributed by atoms with Gasteiger partial charge in [0.25, 0.3) is 0 Å². The van der Waals surface area contributed by atoms with E-state index in [1.807, 2.05) is 33.3 Å². The number of carbonyl (C=O) groups is 3. The van der Waals surface area contributed by atoms with Gasteiger partial charge in [-0.2, -0.15) is 0 Å². The number of phosphoric acid groups is 1. The highest BCUT2D eigenvalue weighted by atomic mass is 31.2. The molecule has 50 heavy (non-hydrogen) atoms. The molecular weight excluding hydrogens is 657 g/mol. The Morgan fingerprint density at radius 3 is 1.68 bits per heavy atom. The van der Waals surface area contributed by atoms with E-state index in [4.69, 9.17) is 18.5 Å². The number of nitrogens with zero attached hydrogens (tertiary/aromatic N) is 1. The van der Waals surface area contributed by atoms with Gasteiger partial charge in [0.15, 0.2) is 6.10 Å². The predicted octanol–water partition coefficient (Wildman–Crippen LogP) is 9.58. The Kier molecular flexibility index (Phi) is 31.8. The van der Waals surface area contributed by atoms with Crippen molar-refractivity contribution < 1.29 is 46.8 Å². The number of hydrogen-bond acceptors (Lipinski definition) is 8. The molecule has 0 aromatic rings. The van der Waals surface area contributed by atoms with E-state index in [2.05, 4.69) is 6.92 Å². The van der Waals surface area contributed by atoms with Gasteiger partial charge < -0.3 is 18.9 Å². The van der Waals surface area contributed by atoms with Crippen LogP contribution in [0, 0.1) is 0 Å². The molecule has 0 fully saturated rings. The van der Waals surface area contributed by atoms with E-state index in [-0.39, 0.29) is 32.0 Å². The van der Waals surface area contributed by atoms with Gasteiger partial charge in [-0.3, -0.25) is 23.4 Å². The molecule has 1 unspecified atom stereocenters. The van der Waals surface area contributed by atoms with E-state index < -0.39 is 26.5 Å². The van der Waals surface area contributed by atoms with E-state index in [0.717, 1.165) is 57.7 Å². The van der Waals surface area contributed by atoms with Crippen molar-refractivity contribution in [2.75, 3.05) is 47.5 Å². The summed E-state index contributed by atoms with van der Waals surface area (Å²) in [6.07, 6.45) is 31.4. The lowest BCUT2D eigenvalue weighted by atomic mass is 10.0. The molecule has 0 spiro atoms. The molecule has 11 heteroatoms. The molecule has 292 valence electrons. The third-order valence-corrected chi connectivity index (χ3v) is 9.33. The summed E-state index contributed by atoms with van der Waals surface area (Å²) in [7, 11) is 1.42. The Labute approximate surface area is 304 Å². The van der Waals surface area contributed by atoms with E-state index in [0.29, 0.717) is 17.4 Å². The maximum Gasteiger partial charge on any atom is 0.472 e. The number of esters is 2. The molecule has 0 aliphatic heterocycles. The van der Waals surface area contributed by atoms with Crippen LogP contribution in [0.3, 0.4) is 0 Å². The third-order valence-electron chi connectivity index (χ3n) is 8.34. The van der Waals surface area contributed by atoms with Crippen LogP contribution in [0.1, 0.15) is 155 Å². The van der Waals surface area contributed by atoms with Crippen LogP contribution in [0.2, 0.25) is 0 Å². The number of phosphoric ester groups is 1. The summed E-state index contributed by atoms with van der Waals surface area (Å²) in [5.41, 5.74) is 0. The predicted molar refractivity (Wildman–Crippen MR) is 202 cm³/mol. The first-order valence-electron chi connectivity index (χ1n) is 19.5. The Balaban J connectivity index is 4.38. The van der Waals surface area contributed by atoms with Gasteiger partial charge in [0.05, 0.1) is 27.7 Å². The van der Waals surface area contributed by atoms with Crippen molar-refractivity contribution in [1.82, 2.24) is 0 Å². The fourth-order valence-corrected chi connectivity index (χ4v) is 5.99. The minimum atomic E-state index is -4.38. The lowest BCUT2D eigenvalue weighted by Gasteiger charge is -2.24. The van der Waals surface area contributed by atoms with Crippen molar-refractivity contribution in [3.05, 3.63) is 24.3 Å². The molecule has 0 aliphatic carbocycles. The highest BCUT2D eigenvalue weighted by molar-refractivity contribution is 7.47. The van der Waals surface area contributed by atoms with E-state index in [1.165, 1.54) is 83.1 Å². The second-order valence-corrected chi connectivity index (χ2v) is 15.8. The van der Waals surface area contributed by atoms with Crippen molar-refractivity contribution in [3.8, 4) is 0 Å². The van der Waals surface area contributed by atoms with Crippen LogP contribution in [0.4, 0.5) is 0 Å². The lowest BCUT2D eigenvalue weighted by molar-refractivity contribution is -0.870. The van der Waals surface area contributed by atoms with E-state index >= 15 is 0 Å². The average Bonchev–Trinajstić information content (AvgIpc) is 3.06. The molecule has 10 nitrogen and oxygen atoms in total.